The molecule has 0 heterocycles. The molecule has 17 heteroatoms. The lowest BCUT2D eigenvalue weighted by molar-refractivity contribution is -0.432. The van der Waals surface area contributed by atoms with Crippen LogP contribution < -0.4 is 5.32 Å². The second-order valence-electron chi connectivity index (χ2n) is 7.18. The van der Waals surface area contributed by atoms with Crippen molar-refractivity contribution in [2.75, 3.05) is 17.7 Å². The molecule has 4 N–H and O–H groups in total. The summed E-state index contributed by atoms with van der Waals surface area (Å²) < 4.78 is 62.8. The van der Waals surface area contributed by atoms with Gasteiger partial charge in [-0.15, -0.1) is 9.45 Å². The first kappa shape index (κ1) is 28.4. The quantitative estimate of drug-likeness (QED) is 0.0844. The van der Waals surface area contributed by atoms with E-state index >= 15 is 0 Å². The highest BCUT2D eigenvalue weighted by Gasteiger charge is 2.18. The number of nitrogens with zero attached hydrogens (tertiary/aromatic N) is 2. The molecule has 14 nitrogen and oxygen atoms in total. The van der Waals surface area contributed by atoms with E-state index in [-0.39, 0.29) is 32.8 Å². The summed E-state index contributed by atoms with van der Waals surface area (Å²) in [7, 11) is -8.69. The summed E-state index contributed by atoms with van der Waals surface area (Å²) in [6.07, 6.45) is 0. The predicted octanol–water partition coefficient (Wildman–Crippen LogP) is 3.94. The largest absolute Gasteiger partial charge is 0.505 e. The van der Waals surface area contributed by atoms with Crippen LogP contribution in [-0.4, -0.2) is 50.0 Å². The zero-order chi connectivity index (χ0) is 27.2. The number of anilines is 1. The molecule has 0 aliphatic carbocycles. The van der Waals surface area contributed by atoms with E-state index in [1.54, 1.807) is 18.2 Å². The van der Waals surface area contributed by atoms with E-state index in [9.17, 15) is 26.7 Å². The van der Waals surface area contributed by atoms with Gasteiger partial charge in [0.05, 0.1) is 39.9 Å². The van der Waals surface area contributed by atoms with Crippen LogP contribution in [0, 0.1) is 0 Å². The van der Waals surface area contributed by atoms with Crippen LogP contribution in [0.1, 0.15) is 6.92 Å². The number of carbonyl (C=O) groups is 1. The van der Waals surface area contributed by atoms with Gasteiger partial charge in [0.15, 0.2) is 15.6 Å². The third-order valence-electron chi connectivity index (χ3n) is 4.57. The third-order valence-corrected chi connectivity index (χ3v) is 7.35. The monoisotopic (exact) mass is 573 g/mol. The summed E-state index contributed by atoms with van der Waals surface area (Å²) in [6, 6.07) is 11.4. The number of hydrogen-bond donors (Lipinski definition) is 4. The molecule has 0 aliphatic heterocycles. The Hall–Kier alpha value is -3.16. The van der Waals surface area contributed by atoms with Gasteiger partial charge in [0.2, 0.25) is 5.91 Å². The highest BCUT2D eigenvalue weighted by atomic mass is 32.3. The minimum Gasteiger partial charge on any atom is -0.505 e. The molecular weight excluding hydrogens is 554 g/mol. The molecule has 0 atom stereocenters. The number of phenolic OH excluding ortho intramolecular Hbond substituents is 1. The van der Waals surface area contributed by atoms with E-state index in [2.05, 4.69) is 29.1 Å². The van der Waals surface area contributed by atoms with E-state index in [1.807, 2.05) is 0 Å². The lowest BCUT2D eigenvalue weighted by Crippen LogP contribution is -2.15. The Morgan fingerprint density at radius 2 is 1.76 bits per heavy atom. The molecular formula is C20H19N3O11S3. The van der Waals surface area contributed by atoms with Crippen LogP contribution in [0.3, 0.4) is 0 Å². The number of nitrogens with one attached hydrogen (secondary N) is 1. The zero-order valence-electron chi connectivity index (χ0n) is 18.8. The summed E-state index contributed by atoms with van der Waals surface area (Å²) in [4.78, 5) is 11.4. The molecule has 0 bridgehead atoms. The number of fused-ring (bicyclic) bond motifs is 1. The summed E-state index contributed by atoms with van der Waals surface area (Å²) >= 11 is 0.534. The molecule has 0 aromatic heterocycles. The molecule has 0 saturated heterocycles. The van der Waals surface area contributed by atoms with Crippen LogP contribution >= 0.6 is 12.0 Å². The van der Waals surface area contributed by atoms with Gasteiger partial charge in [0.1, 0.15) is 5.69 Å². The number of hydrogen-bond acceptors (Lipinski definition) is 13. The second-order valence-corrected chi connectivity index (χ2v) is 11.1. The van der Waals surface area contributed by atoms with Crippen LogP contribution in [0.15, 0.2) is 68.6 Å². The molecule has 3 aromatic rings. The van der Waals surface area contributed by atoms with E-state index in [0.29, 0.717) is 28.5 Å². The van der Waals surface area contributed by atoms with Crippen molar-refractivity contribution in [2.24, 2.45) is 10.2 Å². The Balaban J connectivity index is 1.90. The first-order chi connectivity index (χ1) is 17.4. The summed E-state index contributed by atoms with van der Waals surface area (Å²) in [5, 5.41) is 34.5. The van der Waals surface area contributed by atoms with E-state index in [1.165, 1.54) is 37.3 Å². The molecule has 37 heavy (non-hydrogen) atoms. The number of rotatable bonds is 11. The molecule has 0 spiro atoms. The fourth-order valence-corrected chi connectivity index (χ4v) is 5.01. The third kappa shape index (κ3) is 7.91. The second kappa shape index (κ2) is 11.9. The van der Waals surface area contributed by atoms with Gasteiger partial charge in [-0.1, -0.05) is 11.1 Å². The van der Waals surface area contributed by atoms with Gasteiger partial charge in [-0.25, -0.2) is 17.9 Å². The average molecular weight is 574 g/mol. The molecule has 3 aromatic carbocycles. The fourth-order valence-electron chi connectivity index (χ4n) is 3.03. The van der Waals surface area contributed by atoms with E-state index in [4.69, 9.17) is 9.81 Å². The molecule has 198 valence electrons. The maximum atomic E-state index is 12.3. The summed E-state index contributed by atoms with van der Waals surface area (Å²) in [5.41, 5.74) is 0.538. The number of amides is 1. The van der Waals surface area contributed by atoms with Crippen LogP contribution in [0.2, 0.25) is 0 Å². The standard InChI is InChI=1S/C20H19N3O11S3/c1-12(24)21-15-3-2-13-10-18(35-34-33-26)19(20(25)17(13)11-15)23-22-14-4-6-16(7-5-14)36(27,28)9-8-32-37(29,30)31/h2-7,10-11,25-26H,8-9H2,1H3,(H,21,24)(H,29,30,31). The number of aromatic hydroxyl groups is 1. The van der Waals surface area contributed by atoms with Crippen molar-refractivity contribution in [1.82, 2.24) is 0 Å². The Kier molecular flexibility index (Phi) is 9.16. The van der Waals surface area contributed by atoms with Crippen molar-refractivity contribution in [3.8, 4) is 5.75 Å². The van der Waals surface area contributed by atoms with E-state index < -0.39 is 32.6 Å². The molecule has 0 unspecified atom stereocenters. The molecule has 0 radical (unpaired) electrons. The van der Waals surface area contributed by atoms with Gasteiger partial charge in [-0.05, 0) is 47.9 Å². The van der Waals surface area contributed by atoms with Gasteiger partial charge in [-0.3, -0.25) is 9.35 Å². The smallest absolute Gasteiger partial charge is 0.397 e. The molecule has 3 rings (SSSR count). The minimum atomic E-state index is -4.77. The van der Waals surface area contributed by atoms with Crippen LogP contribution in [0.5, 0.6) is 5.75 Å². The Morgan fingerprint density at radius 3 is 2.38 bits per heavy atom. The van der Waals surface area contributed by atoms with Crippen molar-refractivity contribution in [3.63, 3.8) is 0 Å². The van der Waals surface area contributed by atoms with Gasteiger partial charge in [0.25, 0.3) is 0 Å². The van der Waals surface area contributed by atoms with Crippen molar-refractivity contribution >= 4 is 66.0 Å². The number of phenols is 1. The number of azo groups is 1. The van der Waals surface area contributed by atoms with Crippen LogP contribution in [-0.2, 0) is 38.6 Å². The van der Waals surface area contributed by atoms with Gasteiger partial charge < -0.3 is 10.4 Å². The normalized spacial score (nSPS) is 12.3. The van der Waals surface area contributed by atoms with Gasteiger partial charge in [0, 0.05) is 18.0 Å². The van der Waals surface area contributed by atoms with Crippen LogP contribution in [0.25, 0.3) is 10.8 Å². The van der Waals surface area contributed by atoms with Crippen molar-refractivity contribution in [1.29, 1.82) is 0 Å². The van der Waals surface area contributed by atoms with Crippen molar-refractivity contribution in [3.05, 3.63) is 48.5 Å². The number of carbonyl (C=O) groups excluding carboxylic acids is 1. The van der Waals surface area contributed by atoms with E-state index in [0.717, 1.165) is 0 Å². The topological polar surface area (TPSA) is 210 Å². The van der Waals surface area contributed by atoms with Gasteiger partial charge >= 0.3 is 10.4 Å². The van der Waals surface area contributed by atoms with Crippen LogP contribution in [0.4, 0.5) is 17.1 Å². The highest BCUT2D eigenvalue weighted by molar-refractivity contribution is 7.94. The molecule has 0 aliphatic rings. The maximum Gasteiger partial charge on any atom is 0.397 e. The Morgan fingerprint density at radius 1 is 1.05 bits per heavy atom. The number of sulfone groups is 1. The molecule has 0 saturated carbocycles. The fraction of sp³-hybridized carbons (Fsp3) is 0.150. The SMILES string of the molecule is CC(=O)Nc1ccc2cc(SOOO)c(N=Nc3ccc(S(=O)(=O)CCOS(=O)(=O)O)cc3)c(O)c2c1. The Labute approximate surface area is 214 Å². The first-order valence-electron chi connectivity index (χ1n) is 9.98. The summed E-state index contributed by atoms with van der Waals surface area (Å²) in [5.74, 6) is -1.33. The maximum absolute atomic E-state index is 12.3. The lowest BCUT2D eigenvalue weighted by atomic mass is 10.1. The lowest BCUT2D eigenvalue weighted by Gasteiger charge is -2.10. The highest BCUT2D eigenvalue weighted by Crippen LogP contribution is 2.44. The summed E-state index contributed by atoms with van der Waals surface area (Å²) in [6.45, 7) is 0.563. The van der Waals surface area contributed by atoms with Crippen molar-refractivity contribution < 1.29 is 50.1 Å². The molecule has 0 fully saturated rings. The minimum absolute atomic E-state index is 0.0754. The molecule has 1 amide bonds. The van der Waals surface area contributed by atoms with Gasteiger partial charge in [-0.2, -0.15) is 13.5 Å². The Bertz CT molecular complexity index is 1540. The average Bonchev–Trinajstić information content (AvgIpc) is 2.81. The zero-order valence-corrected chi connectivity index (χ0v) is 21.2. The van der Waals surface area contributed by atoms with Crippen molar-refractivity contribution in [2.45, 2.75) is 16.7 Å². The number of benzene rings is 3. The predicted molar refractivity (Wildman–Crippen MR) is 131 cm³/mol. The first-order valence-corrected chi connectivity index (χ1v) is 13.7.